The molecule has 7 heteroatoms. The van der Waals surface area contributed by atoms with Crippen LogP contribution in [0.3, 0.4) is 0 Å². The molecule has 2 N–H and O–H groups in total. The Kier molecular flexibility index (Phi) is 4.24. The number of oxazole rings is 1. The molecular weight excluding hydrogens is 356 g/mol. The van der Waals surface area contributed by atoms with Crippen LogP contribution in [0.2, 0.25) is 0 Å². The molecule has 2 aliphatic heterocycles. The van der Waals surface area contributed by atoms with Crippen LogP contribution < -0.4 is 10.1 Å². The van der Waals surface area contributed by atoms with E-state index in [0.717, 1.165) is 18.4 Å². The van der Waals surface area contributed by atoms with Crippen LogP contribution in [-0.4, -0.2) is 38.5 Å². The highest BCUT2D eigenvalue weighted by molar-refractivity contribution is 5.72. The van der Waals surface area contributed by atoms with Gasteiger partial charge in [0.15, 0.2) is 11.7 Å². The topological polar surface area (TPSA) is 93.3 Å². The van der Waals surface area contributed by atoms with Crippen molar-refractivity contribution in [1.82, 2.24) is 20.5 Å². The number of phenolic OH excluding ortho intramolecular Hbond substituents is 1. The van der Waals surface area contributed by atoms with Crippen molar-refractivity contribution in [3.63, 3.8) is 0 Å². The van der Waals surface area contributed by atoms with Crippen molar-refractivity contribution >= 4 is 0 Å². The zero-order valence-electron chi connectivity index (χ0n) is 15.6. The molecule has 28 heavy (non-hydrogen) atoms. The average molecular weight is 378 g/mol. The molecule has 0 aliphatic carbocycles. The third-order valence-electron chi connectivity index (χ3n) is 5.54. The van der Waals surface area contributed by atoms with Crippen molar-refractivity contribution in [1.29, 1.82) is 0 Å². The van der Waals surface area contributed by atoms with E-state index in [0.29, 0.717) is 40.9 Å². The predicted octanol–water partition coefficient (Wildman–Crippen LogP) is 3.47. The Labute approximate surface area is 162 Å². The van der Waals surface area contributed by atoms with Gasteiger partial charge in [0.1, 0.15) is 11.9 Å². The first-order chi connectivity index (χ1) is 13.6. The molecular formula is C21H22N4O3. The van der Waals surface area contributed by atoms with E-state index in [1.54, 1.807) is 25.3 Å². The summed E-state index contributed by atoms with van der Waals surface area (Å²) in [5.74, 6) is 1.85. The molecule has 0 radical (unpaired) electrons. The van der Waals surface area contributed by atoms with Crippen molar-refractivity contribution in [3.05, 3.63) is 42.4 Å². The minimum Gasteiger partial charge on any atom is -0.507 e. The first-order valence-corrected chi connectivity index (χ1v) is 9.66. The molecule has 2 saturated heterocycles. The van der Waals surface area contributed by atoms with Crippen LogP contribution in [0.5, 0.6) is 11.6 Å². The number of nitrogens with one attached hydrogen (secondary N) is 1. The van der Waals surface area contributed by atoms with E-state index in [-0.39, 0.29) is 11.9 Å². The smallest absolute Gasteiger partial charge is 0.233 e. The average Bonchev–Trinajstić information content (AvgIpc) is 3.27. The van der Waals surface area contributed by atoms with Gasteiger partial charge < -0.3 is 19.6 Å². The van der Waals surface area contributed by atoms with Gasteiger partial charge in [0.25, 0.3) is 0 Å². The molecule has 2 bridgehead atoms. The lowest BCUT2D eigenvalue weighted by Gasteiger charge is -2.28. The second kappa shape index (κ2) is 6.91. The van der Waals surface area contributed by atoms with Crippen LogP contribution in [0.4, 0.5) is 0 Å². The summed E-state index contributed by atoms with van der Waals surface area (Å²) in [6.07, 6.45) is 6.34. The number of hydrogen-bond acceptors (Lipinski definition) is 7. The third-order valence-corrected chi connectivity index (χ3v) is 5.54. The fourth-order valence-corrected chi connectivity index (χ4v) is 4.19. The van der Waals surface area contributed by atoms with Crippen LogP contribution in [0.15, 0.2) is 40.9 Å². The van der Waals surface area contributed by atoms with Crippen molar-refractivity contribution in [2.75, 3.05) is 0 Å². The summed E-state index contributed by atoms with van der Waals surface area (Å²) in [6, 6.07) is 10.1. The van der Waals surface area contributed by atoms with Gasteiger partial charge in [-0.1, -0.05) is 6.07 Å². The zero-order chi connectivity index (χ0) is 19.1. The Morgan fingerprint density at radius 2 is 1.93 bits per heavy atom. The summed E-state index contributed by atoms with van der Waals surface area (Å²) in [5, 5.41) is 22.5. The largest absolute Gasteiger partial charge is 0.507 e. The fraction of sp³-hybridized carbons (Fsp3) is 0.381. The van der Waals surface area contributed by atoms with E-state index >= 15 is 0 Å². The first kappa shape index (κ1) is 17.2. The maximum absolute atomic E-state index is 10.4. The second-order valence-corrected chi connectivity index (χ2v) is 7.58. The monoisotopic (exact) mass is 378 g/mol. The van der Waals surface area contributed by atoms with Crippen LogP contribution in [0.25, 0.3) is 22.6 Å². The number of hydrogen-bond donors (Lipinski definition) is 2. The maximum Gasteiger partial charge on any atom is 0.233 e. The molecule has 2 fully saturated rings. The van der Waals surface area contributed by atoms with Gasteiger partial charge in [0, 0.05) is 36.2 Å². The molecule has 4 heterocycles. The van der Waals surface area contributed by atoms with E-state index in [1.807, 2.05) is 18.2 Å². The number of phenols is 1. The van der Waals surface area contributed by atoms with Gasteiger partial charge >= 0.3 is 0 Å². The number of ether oxygens (including phenoxy) is 1. The van der Waals surface area contributed by atoms with Gasteiger partial charge in [-0.05, 0) is 43.9 Å². The Bertz CT molecular complexity index is 974. The summed E-state index contributed by atoms with van der Waals surface area (Å²) < 4.78 is 11.5. The molecule has 3 atom stereocenters. The quantitative estimate of drug-likeness (QED) is 0.718. The van der Waals surface area contributed by atoms with Gasteiger partial charge in [-0.2, -0.15) is 0 Å². The highest BCUT2D eigenvalue weighted by Gasteiger charge is 2.34. The van der Waals surface area contributed by atoms with E-state index in [1.165, 1.54) is 12.8 Å². The van der Waals surface area contributed by atoms with Crippen LogP contribution in [-0.2, 0) is 0 Å². The Balaban J connectivity index is 1.31. The molecule has 0 amide bonds. The molecule has 1 aromatic carbocycles. The lowest BCUT2D eigenvalue weighted by Crippen LogP contribution is -2.42. The number of nitrogens with zero attached hydrogens (tertiary/aromatic N) is 3. The molecule has 0 unspecified atom stereocenters. The highest BCUT2D eigenvalue weighted by Crippen LogP contribution is 2.33. The molecule has 7 nitrogen and oxygen atoms in total. The van der Waals surface area contributed by atoms with Crippen molar-refractivity contribution < 1.29 is 14.3 Å². The molecule has 144 valence electrons. The molecule has 5 rings (SSSR count). The number of aromatic nitrogens is 3. The standard InChI is InChI=1S/C21H22N4O3/c1-12-22-11-20(27-12)13-2-5-17(19(26)8-13)18-6-7-21(25-24-18)28-16-9-14-3-4-15(10-16)23-14/h2,5-8,11,14-16,23,26H,3-4,9-10H2,1H3/t14-,15+,16-. The number of benzene rings is 1. The van der Waals surface area contributed by atoms with Crippen molar-refractivity contribution in [2.24, 2.45) is 0 Å². The Hall–Kier alpha value is -2.93. The lowest BCUT2D eigenvalue weighted by atomic mass is 10.0. The van der Waals surface area contributed by atoms with E-state index in [2.05, 4.69) is 20.5 Å². The minimum absolute atomic E-state index is 0.115. The van der Waals surface area contributed by atoms with Crippen LogP contribution in [0.1, 0.15) is 31.6 Å². The van der Waals surface area contributed by atoms with Gasteiger partial charge in [-0.15, -0.1) is 10.2 Å². The lowest BCUT2D eigenvalue weighted by molar-refractivity contribution is 0.130. The SMILES string of the molecule is Cc1ncc(-c2ccc(-c3ccc(O[C@@H]4C[C@H]5CC[C@@H](C4)N5)nn3)c(O)c2)o1. The second-order valence-electron chi connectivity index (χ2n) is 7.58. The van der Waals surface area contributed by atoms with Crippen LogP contribution in [0, 0.1) is 6.92 Å². The van der Waals surface area contributed by atoms with Crippen molar-refractivity contribution in [3.8, 4) is 34.2 Å². The zero-order valence-corrected chi connectivity index (χ0v) is 15.6. The molecule has 2 aromatic heterocycles. The number of aromatic hydroxyl groups is 1. The summed E-state index contributed by atoms with van der Waals surface area (Å²) in [6.45, 7) is 1.78. The number of aryl methyl sites for hydroxylation is 1. The fourth-order valence-electron chi connectivity index (χ4n) is 4.19. The summed E-state index contributed by atoms with van der Waals surface area (Å²) >= 11 is 0. The molecule has 0 spiro atoms. The van der Waals surface area contributed by atoms with Gasteiger partial charge in [-0.25, -0.2) is 4.98 Å². The van der Waals surface area contributed by atoms with Crippen LogP contribution >= 0.6 is 0 Å². The maximum atomic E-state index is 10.4. The van der Waals surface area contributed by atoms with Crippen molar-refractivity contribution in [2.45, 2.75) is 50.8 Å². The summed E-state index contributed by atoms with van der Waals surface area (Å²) in [4.78, 5) is 4.09. The third kappa shape index (κ3) is 3.33. The Morgan fingerprint density at radius 3 is 2.57 bits per heavy atom. The summed E-state index contributed by atoms with van der Waals surface area (Å²) in [5.41, 5.74) is 1.96. The number of rotatable bonds is 4. The van der Waals surface area contributed by atoms with E-state index in [9.17, 15) is 5.11 Å². The number of fused-ring (bicyclic) bond motifs is 2. The van der Waals surface area contributed by atoms with E-state index < -0.39 is 0 Å². The molecule has 3 aromatic rings. The Morgan fingerprint density at radius 1 is 1.11 bits per heavy atom. The van der Waals surface area contributed by atoms with Gasteiger partial charge in [-0.3, -0.25) is 0 Å². The number of piperidine rings is 1. The highest BCUT2D eigenvalue weighted by atomic mass is 16.5. The van der Waals surface area contributed by atoms with Gasteiger partial charge in [0.05, 0.1) is 11.9 Å². The van der Waals surface area contributed by atoms with Gasteiger partial charge in [0.2, 0.25) is 5.88 Å². The normalized spacial score (nSPS) is 23.7. The predicted molar refractivity (Wildman–Crippen MR) is 103 cm³/mol. The molecule has 2 aliphatic rings. The summed E-state index contributed by atoms with van der Waals surface area (Å²) in [7, 11) is 0. The van der Waals surface area contributed by atoms with E-state index in [4.69, 9.17) is 9.15 Å². The minimum atomic E-state index is 0.115. The molecule has 0 saturated carbocycles. The first-order valence-electron chi connectivity index (χ1n) is 9.66.